The Balaban J connectivity index is 2.15. The van der Waals surface area contributed by atoms with Crippen LogP contribution in [-0.4, -0.2) is 12.1 Å². The minimum atomic E-state index is -3.42. The molecule has 2 rings (SSSR count). The molecular formula is C16H14F2O2. The summed E-state index contributed by atoms with van der Waals surface area (Å²) in [5.41, 5.74) is 2.01. The van der Waals surface area contributed by atoms with E-state index in [9.17, 15) is 13.6 Å². The Morgan fingerprint density at radius 1 is 1.00 bits per heavy atom. The standard InChI is InChI=1S/C16H14F2O2/c1-2-16(17,18)20-15(19)14-10-8-13(9-11-14)12-6-4-3-5-7-12/h3-11H,2H2,1H3. The molecule has 0 radical (unpaired) electrons. The smallest absolute Gasteiger partial charge is 0.397 e. The fourth-order valence-corrected chi connectivity index (χ4v) is 1.70. The lowest BCUT2D eigenvalue weighted by molar-refractivity contribution is -0.201. The van der Waals surface area contributed by atoms with Crippen molar-refractivity contribution in [1.82, 2.24) is 0 Å². The van der Waals surface area contributed by atoms with E-state index in [4.69, 9.17) is 0 Å². The van der Waals surface area contributed by atoms with Gasteiger partial charge in [0.25, 0.3) is 0 Å². The van der Waals surface area contributed by atoms with Gasteiger partial charge in [-0.25, -0.2) is 4.79 Å². The Bertz CT molecular complexity index is 577. The molecule has 0 heterocycles. The van der Waals surface area contributed by atoms with E-state index in [1.54, 1.807) is 12.1 Å². The SMILES string of the molecule is CCC(F)(F)OC(=O)c1ccc(-c2ccccc2)cc1. The van der Waals surface area contributed by atoms with Gasteiger partial charge in [0.05, 0.1) is 5.56 Å². The third-order valence-electron chi connectivity index (χ3n) is 2.88. The van der Waals surface area contributed by atoms with Crippen molar-refractivity contribution in [2.75, 3.05) is 0 Å². The average Bonchev–Trinajstić information content (AvgIpc) is 2.48. The van der Waals surface area contributed by atoms with Crippen LogP contribution in [0, 0.1) is 0 Å². The maximum absolute atomic E-state index is 13.0. The number of ether oxygens (including phenoxy) is 1. The Morgan fingerprint density at radius 3 is 2.10 bits per heavy atom. The molecule has 2 aromatic carbocycles. The normalized spacial score (nSPS) is 11.2. The molecule has 0 aromatic heterocycles. The molecule has 2 aromatic rings. The van der Waals surface area contributed by atoms with Crippen molar-refractivity contribution in [3.8, 4) is 11.1 Å². The number of benzene rings is 2. The van der Waals surface area contributed by atoms with Crippen LogP contribution in [0.5, 0.6) is 0 Å². The highest BCUT2D eigenvalue weighted by Gasteiger charge is 2.31. The molecular weight excluding hydrogens is 262 g/mol. The van der Waals surface area contributed by atoms with Crippen LogP contribution >= 0.6 is 0 Å². The van der Waals surface area contributed by atoms with Gasteiger partial charge in [-0.05, 0) is 23.3 Å². The van der Waals surface area contributed by atoms with Crippen LogP contribution in [0.1, 0.15) is 23.7 Å². The van der Waals surface area contributed by atoms with Gasteiger partial charge in [-0.2, -0.15) is 8.78 Å². The summed E-state index contributed by atoms with van der Waals surface area (Å²) < 4.78 is 30.1. The van der Waals surface area contributed by atoms with E-state index >= 15 is 0 Å². The van der Waals surface area contributed by atoms with Crippen LogP contribution in [0.25, 0.3) is 11.1 Å². The quantitative estimate of drug-likeness (QED) is 0.768. The van der Waals surface area contributed by atoms with E-state index in [0.717, 1.165) is 11.1 Å². The van der Waals surface area contributed by atoms with Crippen molar-refractivity contribution in [2.45, 2.75) is 19.5 Å². The molecule has 104 valence electrons. The molecule has 0 atom stereocenters. The molecule has 0 fully saturated rings. The molecule has 0 aliphatic heterocycles. The van der Waals surface area contributed by atoms with Crippen molar-refractivity contribution >= 4 is 5.97 Å². The Kier molecular flexibility index (Phi) is 4.13. The predicted octanol–water partition coefficient (Wildman–Crippen LogP) is 4.51. The fraction of sp³-hybridized carbons (Fsp3) is 0.188. The summed E-state index contributed by atoms with van der Waals surface area (Å²) >= 11 is 0. The molecule has 0 amide bonds. The molecule has 4 heteroatoms. The summed E-state index contributed by atoms with van der Waals surface area (Å²) in [5.74, 6) is -1.02. The summed E-state index contributed by atoms with van der Waals surface area (Å²) in [7, 11) is 0. The first-order valence-corrected chi connectivity index (χ1v) is 6.28. The topological polar surface area (TPSA) is 26.3 Å². The molecule has 0 unspecified atom stereocenters. The van der Waals surface area contributed by atoms with E-state index < -0.39 is 18.5 Å². The fourth-order valence-electron chi connectivity index (χ4n) is 1.70. The van der Waals surface area contributed by atoms with E-state index in [0.29, 0.717) is 0 Å². The molecule has 0 saturated heterocycles. The van der Waals surface area contributed by atoms with Crippen molar-refractivity contribution in [1.29, 1.82) is 0 Å². The molecule has 0 saturated carbocycles. The van der Waals surface area contributed by atoms with Crippen LogP contribution in [0.2, 0.25) is 0 Å². The number of halogens is 2. The molecule has 0 aliphatic carbocycles. The first-order valence-electron chi connectivity index (χ1n) is 6.28. The lowest BCUT2D eigenvalue weighted by atomic mass is 10.0. The van der Waals surface area contributed by atoms with Crippen LogP contribution < -0.4 is 0 Å². The van der Waals surface area contributed by atoms with Gasteiger partial charge in [0.15, 0.2) is 0 Å². The predicted molar refractivity (Wildman–Crippen MR) is 72.5 cm³/mol. The van der Waals surface area contributed by atoms with E-state index in [1.807, 2.05) is 30.3 Å². The largest absolute Gasteiger partial charge is 0.399 e. The molecule has 0 aliphatic rings. The zero-order chi connectivity index (χ0) is 14.6. The van der Waals surface area contributed by atoms with Crippen molar-refractivity contribution in [3.05, 3.63) is 60.2 Å². The first kappa shape index (κ1) is 14.2. The molecule has 2 nitrogen and oxygen atoms in total. The highest BCUT2D eigenvalue weighted by atomic mass is 19.3. The zero-order valence-electron chi connectivity index (χ0n) is 11.0. The Hall–Kier alpha value is -2.23. The van der Waals surface area contributed by atoms with Gasteiger partial charge in [-0.3, -0.25) is 0 Å². The Morgan fingerprint density at radius 2 is 1.55 bits per heavy atom. The minimum Gasteiger partial charge on any atom is -0.397 e. The number of carbonyl (C=O) groups is 1. The van der Waals surface area contributed by atoms with Gasteiger partial charge in [0.2, 0.25) is 0 Å². The number of hydrogen-bond acceptors (Lipinski definition) is 2. The number of alkyl halides is 2. The second kappa shape index (κ2) is 5.82. The lowest BCUT2D eigenvalue weighted by Crippen LogP contribution is -2.23. The van der Waals surface area contributed by atoms with Gasteiger partial charge < -0.3 is 4.74 Å². The van der Waals surface area contributed by atoms with Crippen LogP contribution in [0.15, 0.2) is 54.6 Å². The lowest BCUT2D eigenvalue weighted by Gasteiger charge is -2.14. The zero-order valence-corrected chi connectivity index (χ0v) is 11.0. The number of rotatable bonds is 4. The van der Waals surface area contributed by atoms with E-state index in [1.165, 1.54) is 19.1 Å². The molecule has 0 N–H and O–H groups in total. The summed E-state index contributed by atoms with van der Waals surface area (Å²) in [6, 6.07) is 15.9. The van der Waals surface area contributed by atoms with Crippen LogP contribution in [0.4, 0.5) is 8.78 Å². The van der Waals surface area contributed by atoms with E-state index in [2.05, 4.69) is 4.74 Å². The highest BCUT2D eigenvalue weighted by Crippen LogP contribution is 2.23. The van der Waals surface area contributed by atoms with Gasteiger partial charge in [0, 0.05) is 6.42 Å². The van der Waals surface area contributed by atoms with Crippen LogP contribution in [0.3, 0.4) is 0 Å². The first-order chi connectivity index (χ1) is 9.52. The van der Waals surface area contributed by atoms with Gasteiger partial charge in [-0.1, -0.05) is 49.4 Å². The van der Waals surface area contributed by atoms with Crippen molar-refractivity contribution < 1.29 is 18.3 Å². The Labute approximate surface area is 116 Å². The monoisotopic (exact) mass is 276 g/mol. The third kappa shape index (κ3) is 3.41. The van der Waals surface area contributed by atoms with E-state index in [-0.39, 0.29) is 5.56 Å². The maximum atomic E-state index is 13.0. The average molecular weight is 276 g/mol. The summed E-state index contributed by atoms with van der Waals surface area (Å²) in [4.78, 5) is 11.6. The number of esters is 1. The number of hydrogen-bond donors (Lipinski definition) is 0. The van der Waals surface area contributed by atoms with Crippen molar-refractivity contribution in [3.63, 3.8) is 0 Å². The molecule has 20 heavy (non-hydrogen) atoms. The molecule has 0 bridgehead atoms. The second-order valence-electron chi connectivity index (χ2n) is 4.32. The van der Waals surface area contributed by atoms with Gasteiger partial charge in [0.1, 0.15) is 0 Å². The summed E-state index contributed by atoms with van der Waals surface area (Å²) in [6.45, 7) is 1.26. The molecule has 0 spiro atoms. The summed E-state index contributed by atoms with van der Waals surface area (Å²) in [6.07, 6.45) is -3.96. The third-order valence-corrected chi connectivity index (χ3v) is 2.88. The van der Waals surface area contributed by atoms with Crippen LogP contribution in [-0.2, 0) is 4.74 Å². The van der Waals surface area contributed by atoms with Gasteiger partial charge in [-0.15, -0.1) is 0 Å². The second-order valence-corrected chi connectivity index (χ2v) is 4.32. The summed E-state index contributed by atoms with van der Waals surface area (Å²) in [5, 5.41) is 0. The van der Waals surface area contributed by atoms with Crippen molar-refractivity contribution in [2.24, 2.45) is 0 Å². The highest BCUT2D eigenvalue weighted by molar-refractivity contribution is 5.90. The minimum absolute atomic E-state index is 0.109. The maximum Gasteiger partial charge on any atom is 0.399 e. The van der Waals surface area contributed by atoms with Gasteiger partial charge >= 0.3 is 12.1 Å². The number of carbonyl (C=O) groups excluding carboxylic acids is 1.